The number of nitrogens with one attached hydrogen (secondary N) is 2. The molecule has 7 heterocycles. The number of imide groups is 1. The Kier molecular flexibility index (Phi) is 9.72. The smallest absolute Gasteiger partial charge is 0.329 e. The Bertz CT molecular complexity index is 1810. The largest absolute Gasteiger partial charge is 0.381 e. The number of rotatable bonds is 10. The van der Waals surface area contributed by atoms with E-state index < -0.39 is 6.03 Å². The fourth-order valence-electron chi connectivity index (χ4n) is 6.97. The number of anilines is 5. The number of hydrogen-bond donors (Lipinski definition) is 2. The van der Waals surface area contributed by atoms with E-state index in [1.807, 2.05) is 18.3 Å². The molecule has 0 bridgehead atoms. The van der Waals surface area contributed by atoms with E-state index in [0.29, 0.717) is 48.6 Å². The number of aromatic nitrogens is 7. The Morgan fingerprint density at radius 2 is 1.76 bits per heavy atom. The minimum Gasteiger partial charge on any atom is -0.381 e. The van der Waals surface area contributed by atoms with Crippen LogP contribution in [0.3, 0.4) is 0 Å². The van der Waals surface area contributed by atoms with Crippen LogP contribution < -0.4 is 25.3 Å². The van der Waals surface area contributed by atoms with E-state index in [0.717, 1.165) is 74.3 Å². The molecule has 50 heavy (non-hydrogen) atoms. The van der Waals surface area contributed by atoms with Gasteiger partial charge < -0.3 is 19.9 Å². The fraction of sp³-hybridized carbons (Fsp3) is 0.529. The van der Waals surface area contributed by atoms with E-state index in [1.165, 1.54) is 4.90 Å². The number of carbonyl (C=O) groups excluding carboxylic acids is 2. The lowest BCUT2D eigenvalue weighted by molar-refractivity contribution is -0.120. The van der Waals surface area contributed by atoms with E-state index >= 15 is 0 Å². The predicted molar refractivity (Wildman–Crippen MR) is 190 cm³/mol. The van der Waals surface area contributed by atoms with E-state index in [9.17, 15) is 9.59 Å². The molecule has 16 nitrogen and oxygen atoms in total. The number of ether oxygens (including phenoxy) is 1. The van der Waals surface area contributed by atoms with Crippen LogP contribution in [0.4, 0.5) is 34.0 Å². The van der Waals surface area contributed by atoms with Gasteiger partial charge in [0.25, 0.3) is 0 Å². The number of fused-ring (bicyclic) bond motifs is 1. The summed E-state index contributed by atoms with van der Waals surface area (Å²) >= 11 is 0. The summed E-state index contributed by atoms with van der Waals surface area (Å²) < 4.78 is 7.59. The molecule has 3 saturated heterocycles. The zero-order valence-electron chi connectivity index (χ0n) is 29.1. The fourth-order valence-corrected chi connectivity index (χ4v) is 6.97. The van der Waals surface area contributed by atoms with Crippen molar-refractivity contribution in [3.63, 3.8) is 0 Å². The average molecular weight is 684 g/mol. The van der Waals surface area contributed by atoms with Crippen LogP contribution in [0.15, 0.2) is 36.7 Å². The van der Waals surface area contributed by atoms with Crippen LogP contribution in [0, 0.1) is 0 Å². The Labute approximate surface area is 291 Å². The highest BCUT2D eigenvalue weighted by Gasteiger charge is 2.28. The van der Waals surface area contributed by atoms with Gasteiger partial charge in [-0.3, -0.25) is 24.6 Å². The minimum atomic E-state index is -0.461. The molecule has 0 aliphatic carbocycles. The molecule has 0 spiro atoms. The van der Waals surface area contributed by atoms with Crippen molar-refractivity contribution in [2.75, 3.05) is 66.9 Å². The molecule has 3 fully saturated rings. The number of carbonyl (C=O) groups is 2. The lowest BCUT2D eigenvalue weighted by Gasteiger charge is -2.36. The first kappa shape index (κ1) is 33.5. The van der Waals surface area contributed by atoms with Gasteiger partial charge in [-0.1, -0.05) is 0 Å². The van der Waals surface area contributed by atoms with Crippen LogP contribution in [0.1, 0.15) is 57.7 Å². The Balaban J connectivity index is 0.984. The number of piperidine rings is 2. The van der Waals surface area contributed by atoms with Crippen molar-refractivity contribution in [1.82, 2.24) is 45.1 Å². The summed E-state index contributed by atoms with van der Waals surface area (Å²) in [6, 6.07) is 7.70. The molecular formula is C34H45N13O3. The Morgan fingerprint density at radius 1 is 0.980 bits per heavy atom. The van der Waals surface area contributed by atoms with Crippen LogP contribution >= 0.6 is 0 Å². The summed E-state index contributed by atoms with van der Waals surface area (Å²) in [7, 11) is 3.89. The zero-order chi connectivity index (χ0) is 34.8. The van der Waals surface area contributed by atoms with Gasteiger partial charge in [-0.2, -0.15) is 15.2 Å². The molecule has 0 atom stereocenters. The maximum absolute atomic E-state index is 12.2. The van der Waals surface area contributed by atoms with Gasteiger partial charge in [0, 0.05) is 83.3 Å². The molecule has 3 amide bonds. The van der Waals surface area contributed by atoms with Crippen LogP contribution in [0.2, 0.25) is 0 Å². The first-order valence-electron chi connectivity index (χ1n) is 17.4. The van der Waals surface area contributed by atoms with Crippen molar-refractivity contribution in [3.8, 4) is 0 Å². The predicted octanol–water partition coefficient (Wildman–Crippen LogP) is 3.50. The first-order chi connectivity index (χ1) is 24.2. The normalized spacial score (nSPS) is 18.1. The third kappa shape index (κ3) is 7.16. The van der Waals surface area contributed by atoms with Crippen molar-refractivity contribution in [2.24, 2.45) is 0 Å². The van der Waals surface area contributed by atoms with E-state index in [4.69, 9.17) is 19.8 Å². The summed E-state index contributed by atoms with van der Waals surface area (Å²) in [4.78, 5) is 46.1. The lowest BCUT2D eigenvalue weighted by Crippen LogP contribution is -2.50. The summed E-state index contributed by atoms with van der Waals surface area (Å²) in [5.74, 6) is 3.25. The molecule has 16 heteroatoms. The van der Waals surface area contributed by atoms with Gasteiger partial charge in [0.15, 0.2) is 11.6 Å². The molecular weight excluding hydrogens is 638 g/mol. The number of amides is 3. The van der Waals surface area contributed by atoms with E-state index in [2.05, 4.69) is 72.2 Å². The second kappa shape index (κ2) is 14.5. The van der Waals surface area contributed by atoms with E-state index in [-0.39, 0.29) is 18.4 Å². The highest BCUT2D eigenvalue weighted by molar-refractivity contribution is 6.05. The van der Waals surface area contributed by atoms with Gasteiger partial charge in [-0.15, -0.1) is 5.10 Å². The monoisotopic (exact) mass is 683 g/mol. The molecule has 3 aliphatic heterocycles. The molecule has 3 aliphatic rings. The maximum Gasteiger partial charge on any atom is 0.329 e. The summed E-state index contributed by atoms with van der Waals surface area (Å²) in [6.07, 6.45) is 8.13. The summed E-state index contributed by atoms with van der Waals surface area (Å²) in [5.41, 5.74) is 1.85. The molecule has 7 rings (SSSR count). The van der Waals surface area contributed by atoms with E-state index in [1.54, 1.807) is 19.4 Å². The number of methoxy groups -OCH3 is 1. The van der Waals surface area contributed by atoms with Crippen LogP contribution in [0.25, 0.3) is 10.9 Å². The Morgan fingerprint density at radius 3 is 2.46 bits per heavy atom. The van der Waals surface area contributed by atoms with Gasteiger partial charge in [-0.05, 0) is 64.8 Å². The maximum atomic E-state index is 12.2. The van der Waals surface area contributed by atoms with Crippen molar-refractivity contribution in [3.05, 3.63) is 42.4 Å². The SMILES string of the molecule is COC1CCN(c2nccc(Nc3cc4c(cn3)c(N3CCC(N(C)Cc5ccc(N6CCC(=O)NC6=O)nn5)CC3)nn4C(C)C)n2)CC1. The highest BCUT2D eigenvalue weighted by atomic mass is 16.5. The van der Waals surface area contributed by atoms with Crippen LogP contribution in [-0.2, 0) is 16.1 Å². The van der Waals surface area contributed by atoms with Gasteiger partial charge in [-0.25, -0.2) is 14.8 Å². The first-order valence-corrected chi connectivity index (χ1v) is 17.4. The second-order valence-corrected chi connectivity index (χ2v) is 13.5. The van der Waals surface area contributed by atoms with Crippen LogP contribution in [0.5, 0.6) is 0 Å². The zero-order valence-corrected chi connectivity index (χ0v) is 29.1. The summed E-state index contributed by atoms with van der Waals surface area (Å²) in [5, 5.41) is 20.5. The highest BCUT2D eigenvalue weighted by Crippen LogP contribution is 2.32. The topological polar surface area (TPSA) is 163 Å². The number of nitrogens with zero attached hydrogens (tertiary/aromatic N) is 11. The standard InChI is InChI=1S/C34H45N13O3/c1-22(2)47-27-19-29(37-28-7-13-35-33(38-28)45-16-10-25(50-4)11-17-45)36-20-26(27)32(42-47)44-14-8-24(9-15-44)43(3)21-23-5-6-30(41-40-23)46-18-12-31(48)39-34(46)49/h5-7,13,19-20,22,24-25H,8-12,14-18,21H2,1-4H3,(H,39,48,49)(H,35,36,37,38). The lowest BCUT2D eigenvalue weighted by atomic mass is 10.0. The minimum absolute atomic E-state index is 0.171. The van der Waals surface area contributed by atoms with Crippen molar-refractivity contribution >= 4 is 52.1 Å². The Hall–Kier alpha value is -4.96. The number of pyridine rings is 1. The molecule has 4 aromatic rings. The van der Waals surface area contributed by atoms with Gasteiger partial charge in [0.1, 0.15) is 11.6 Å². The van der Waals surface area contributed by atoms with Crippen LogP contribution in [-0.4, -0.2) is 111 Å². The van der Waals surface area contributed by atoms with Gasteiger partial charge in [0.05, 0.1) is 22.7 Å². The molecule has 264 valence electrons. The number of urea groups is 1. The third-order valence-corrected chi connectivity index (χ3v) is 9.85. The van der Waals surface area contributed by atoms with Gasteiger partial charge >= 0.3 is 6.03 Å². The average Bonchev–Trinajstić information content (AvgIpc) is 3.52. The molecule has 4 aromatic heterocycles. The summed E-state index contributed by atoms with van der Waals surface area (Å²) in [6.45, 7) is 8.72. The third-order valence-electron chi connectivity index (χ3n) is 9.85. The van der Waals surface area contributed by atoms with Crippen molar-refractivity contribution in [1.29, 1.82) is 0 Å². The molecule has 0 radical (unpaired) electrons. The quantitative estimate of drug-likeness (QED) is 0.250. The number of hydrogen-bond acceptors (Lipinski definition) is 13. The van der Waals surface area contributed by atoms with Crippen molar-refractivity contribution < 1.29 is 14.3 Å². The molecule has 0 aromatic carbocycles. The van der Waals surface area contributed by atoms with Crippen molar-refractivity contribution in [2.45, 2.75) is 70.7 Å². The second-order valence-electron chi connectivity index (χ2n) is 13.5. The molecule has 0 saturated carbocycles. The molecule has 0 unspecified atom stereocenters. The molecule has 2 N–H and O–H groups in total. The van der Waals surface area contributed by atoms with Gasteiger partial charge in [0.2, 0.25) is 11.9 Å².